The average molecular weight is 453 g/mol. The maximum Gasteiger partial charge on any atom is 0.137 e. The van der Waals surface area contributed by atoms with Gasteiger partial charge in [0.25, 0.3) is 0 Å². The third kappa shape index (κ3) is 5.98. The summed E-state index contributed by atoms with van der Waals surface area (Å²) < 4.78 is 18.6. The van der Waals surface area contributed by atoms with Crippen LogP contribution in [0.1, 0.15) is 11.1 Å². The molecule has 0 saturated carbocycles. The summed E-state index contributed by atoms with van der Waals surface area (Å²) in [6.45, 7) is 0.390. The van der Waals surface area contributed by atoms with Crippen LogP contribution in [0.3, 0.4) is 0 Å². The number of aliphatic hydroxyl groups is 2. The lowest BCUT2D eigenvalue weighted by Gasteiger charge is -2.43. The number of ether oxygens (including phenoxy) is 3. The van der Waals surface area contributed by atoms with Gasteiger partial charge in [-0.1, -0.05) is 90.6 Å². The Morgan fingerprint density at radius 1 is 0.719 bits per heavy atom. The molecule has 3 aromatic carbocycles. The maximum atomic E-state index is 11.0. The molecule has 3 aromatic rings. The van der Waals surface area contributed by atoms with Gasteiger partial charge in [-0.25, -0.2) is 0 Å². The van der Waals surface area contributed by atoms with Crippen LogP contribution in [0.15, 0.2) is 95.9 Å². The van der Waals surface area contributed by atoms with Crippen LogP contribution in [0, 0.1) is 0 Å². The summed E-state index contributed by atoms with van der Waals surface area (Å²) in [4.78, 5) is 1.01. The van der Waals surface area contributed by atoms with E-state index in [1.54, 1.807) is 0 Å². The number of thioether (sulfide) groups is 1. The summed E-state index contributed by atoms with van der Waals surface area (Å²) in [5.41, 5.74) is 1.57. The van der Waals surface area contributed by atoms with Crippen molar-refractivity contribution >= 4 is 11.8 Å². The Balaban J connectivity index is 1.56. The highest BCUT2D eigenvalue weighted by Crippen LogP contribution is 2.36. The molecule has 2 N–H and O–H groups in total. The van der Waals surface area contributed by atoms with Crippen molar-refractivity contribution in [3.05, 3.63) is 102 Å². The lowest BCUT2D eigenvalue weighted by Crippen LogP contribution is -2.59. The molecule has 0 radical (unpaired) electrons. The van der Waals surface area contributed by atoms with Crippen molar-refractivity contribution in [2.24, 2.45) is 0 Å². The topological polar surface area (TPSA) is 68.2 Å². The Hall–Kier alpha value is -2.19. The highest BCUT2D eigenvalue weighted by molar-refractivity contribution is 7.99. The molecular weight excluding hydrogens is 424 g/mol. The molecule has 0 aromatic heterocycles. The van der Waals surface area contributed by atoms with Gasteiger partial charge in [-0.15, -0.1) is 0 Å². The van der Waals surface area contributed by atoms with E-state index in [0.717, 1.165) is 16.0 Å². The fourth-order valence-electron chi connectivity index (χ4n) is 3.67. The normalized spacial score (nSPS) is 25.5. The second kappa shape index (κ2) is 11.6. The molecule has 5 atom stereocenters. The van der Waals surface area contributed by atoms with Gasteiger partial charge in [0, 0.05) is 4.90 Å². The molecule has 1 heterocycles. The van der Waals surface area contributed by atoms with Crippen LogP contribution in [0.25, 0.3) is 0 Å². The van der Waals surface area contributed by atoms with Crippen LogP contribution in [0.5, 0.6) is 0 Å². The van der Waals surface area contributed by atoms with Crippen molar-refractivity contribution in [1.82, 2.24) is 0 Å². The second-order valence-corrected chi connectivity index (χ2v) is 8.84. The minimum absolute atomic E-state index is 0.302. The Bertz CT molecular complexity index is 925. The van der Waals surface area contributed by atoms with E-state index in [0.29, 0.717) is 13.2 Å². The molecule has 6 heteroatoms. The molecule has 1 aliphatic rings. The van der Waals surface area contributed by atoms with Crippen molar-refractivity contribution in [2.75, 3.05) is 6.61 Å². The number of hydrogen-bond donors (Lipinski definition) is 2. The molecule has 2 unspecified atom stereocenters. The van der Waals surface area contributed by atoms with E-state index in [-0.39, 0.29) is 6.61 Å². The van der Waals surface area contributed by atoms with Crippen LogP contribution in [0.4, 0.5) is 0 Å². The van der Waals surface area contributed by atoms with Gasteiger partial charge in [0.05, 0.1) is 19.8 Å². The van der Waals surface area contributed by atoms with Crippen molar-refractivity contribution in [2.45, 2.75) is 48.0 Å². The van der Waals surface area contributed by atoms with Crippen LogP contribution in [0.2, 0.25) is 0 Å². The van der Waals surface area contributed by atoms with Crippen molar-refractivity contribution < 1.29 is 24.4 Å². The molecule has 5 nitrogen and oxygen atoms in total. The summed E-state index contributed by atoms with van der Waals surface area (Å²) in [6, 6.07) is 29.6. The third-order valence-corrected chi connectivity index (χ3v) is 6.52. The van der Waals surface area contributed by atoms with Gasteiger partial charge in [0.1, 0.15) is 29.9 Å². The molecule has 0 amide bonds. The molecule has 0 aliphatic carbocycles. The van der Waals surface area contributed by atoms with E-state index in [1.807, 2.05) is 91.0 Å². The first-order valence-electron chi connectivity index (χ1n) is 10.7. The molecule has 168 valence electrons. The predicted octanol–water partition coefficient (Wildman–Crippen LogP) is 4.03. The lowest BCUT2D eigenvalue weighted by molar-refractivity contribution is -0.237. The standard InChI is InChI=1S/C26H28O5S/c27-16-22-23(28)24(29-17-19-10-4-1-5-11-19)25(30-18-20-12-6-2-7-13-20)26(31-22)32-21-14-8-3-9-15-21/h1-15,22-28H,16-18H2/t22?,23-,24-,25?,26-/m0/s1. The van der Waals surface area contributed by atoms with Crippen LogP contribution in [-0.2, 0) is 27.4 Å². The molecule has 32 heavy (non-hydrogen) atoms. The average Bonchev–Trinajstić information content (AvgIpc) is 2.85. The van der Waals surface area contributed by atoms with Gasteiger partial charge >= 0.3 is 0 Å². The monoisotopic (exact) mass is 452 g/mol. The van der Waals surface area contributed by atoms with E-state index >= 15 is 0 Å². The van der Waals surface area contributed by atoms with E-state index < -0.39 is 29.9 Å². The molecule has 1 aliphatic heterocycles. The predicted molar refractivity (Wildman–Crippen MR) is 124 cm³/mol. The van der Waals surface area contributed by atoms with E-state index in [2.05, 4.69) is 0 Å². The molecule has 1 fully saturated rings. The zero-order valence-electron chi connectivity index (χ0n) is 17.7. The summed E-state index contributed by atoms with van der Waals surface area (Å²) in [6.07, 6.45) is -2.97. The first-order valence-corrected chi connectivity index (χ1v) is 11.6. The van der Waals surface area contributed by atoms with E-state index in [1.165, 1.54) is 11.8 Å². The zero-order chi connectivity index (χ0) is 22.2. The van der Waals surface area contributed by atoms with Crippen molar-refractivity contribution in [3.8, 4) is 0 Å². The Kier molecular flexibility index (Phi) is 8.34. The van der Waals surface area contributed by atoms with Crippen LogP contribution >= 0.6 is 11.8 Å². The summed E-state index contributed by atoms with van der Waals surface area (Å²) in [5, 5.41) is 20.8. The summed E-state index contributed by atoms with van der Waals surface area (Å²) >= 11 is 1.50. The fraction of sp³-hybridized carbons (Fsp3) is 0.308. The lowest BCUT2D eigenvalue weighted by atomic mass is 9.99. The van der Waals surface area contributed by atoms with E-state index in [9.17, 15) is 10.2 Å². The van der Waals surface area contributed by atoms with Crippen molar-refractivity contribution in [3.63, 3.8) is 0 Å². The Morgan fingerprint density at radius 2 is 1.22 bits per heavy atom. The first kappa shape index (κ1) is 23.0. The minimum atomic E-state index is -1.02. The number of aliphatic hydroxyl groups excluding tert-OH is 2. The maximum absolute atomic E-state index is 11.0. The van der Waals surface area contributed by atoms with Gasteiger partial charge in [0.2, 0.25) is 0 Å². The van der Waals surface area contributed by atoms with Gasteiger partial charge < -0.3 is 24.4 Å². The van der Waals surface area contributed by atoms with Crippen molar-refractivity contribution in [1.29, 1.82) is 0 Å². The smallest absolute Gasteiger partial charge is 0.137 e. The third-order valence-electron chi connectivity index (χ3n) is 5.36. The molecule has 1 saturated heterocycles. The minimum Gasteiger partial charge on any atom is -0.394 e. The van der Waals surface area contributed by atoms with Crippen LogP contribution < -0.4 is 0 Å². The van der Waals surface area contributed by atoms with Crippen LogP contribution in [-0.4, -0.2) is 46.7 Å². The highest BCUT2D eigenvalue weighted by Gasteiger charge is 2.47. The number of hydrogen-bond acceptors (Lipinski definition) is 6. The largest absolute Gasteiger partial charge is 0.394 e. The Morgan fingerprint density at radius 3 is 1.75 bits per heavy atom. The van der Waals surface area contributed by atoms with Gasteiger partial charge in [-0.2, -0.15) is 0 Å². The fourth-order valence-corrected chi connectivity index (χ4v) is 4.82. The Labute approximate surface area is 193 Å². The quantitative estimate of drug-likeness (QED) is 0.511. The molecular formula is C26H28O5S. The number of benzene rings is 3. The van der Waals surface area contributed by atoms with Gasteiger partial charge in [-0.3, -0.25) is 0 Å². The van der Waals surface area contributed by atoms with Gasteiger partial charge in [-0.05, 0) is 23.3 Å². The molecule has 4 rings (SSSR count). The SMILES string of the molecule is OCC1O[C@@H](Sc2ccccc2)C(OCc2ccccc2)[C@@H](OCc2ccccc2)[C@H]1O. The zero-order valence-corrected chi connectivity index (χ0v) is 18.5. The molecule has 0 spiro atoms. The van der Waals surface area contributed by atoms with E-state index in [4.69, 9.17) is 14.2 Å². The summed E-state index contributed by atoms with van der Waals surface area (Å²) in [5.74, 6) is 0. The van der Waals surface area contributed by atoms with Gasteiger partial charge in [0.15, 0.2) is 0 Å². The first-order chi connectivity index (χ1) is 15.7. The number of rotatable bonds is 9. The molecule has 0 bridgehead atoms. The summed E-state index contributed by atoms with van der Waals surface area (Å²) in [7, 11) is 0. The second-order valence-electron chi connectivity index (χ2n) is 7.67. The highest BCUT2D eigenvalue weighted by atomic mass is 32.2.